The maximum atomic E-state index is 14.9. The fourth-order valence-corrected chi connectivity index (χ4v) is 3.73. The van der Waals surface area contributed by atoms with Crippen LogP contribution in [-0.4, -0.2) is 32.5 Å². The summed E-state index contributed by atoms with van der Waals surface area (Å²) in [5.74, 6) is -3.75. The van der Waals surface area contributed by atoms with Crippen molar-refractivity contribution in [2.24, 2.45) is 0 Å². The summed E-state index contributed by atoms with van der Waals surface area (Å²) < 4.78 is 69.7. The van der Waals surface area contributed by atoms with Gasteiger partial charge in [-0.05, 0) is 36.3 Å². The molecule has 36 heavy (non-hydrogen) atoms. The number of pyridine rings is 1. The minimum Gasteiger partial charge on any atom is -0.451 e. The molecule has 11 heteroatoms. The number of rotatable bonds is 6. The number of ether oxygens (including phenoxy) is 2. The molecule has 2 aromatic carbocycles. The van der Waals surface area contributed by atoms with E-state index in [0.29, 0.717) is 25.3 Å². The first-order valence-electron chi connectivity index (χ1n) is 10.9. The van der Waals surface area contributed by atoms with Gasteiger partial charge in [0.2, 0.25) is 0 Å². The maximum Gasteiger partial charge on any atom is 0.350 e. The van der Waals surface area contributed by atoms with Crippen LogP contribution >= 0.6 is 0 Å². The highest BCUT2D eigenvalue weighted by molar-refractivity contribution is 5.64. The fraction of sp³-hybridized carbons (Fsp3) is 0.160. The van der Waals surface area contributed by atoms with Crippen LogP contribution in [-0.2, 0) is 11.3 Å². The SMILES string of the molecule is O=c1n(Cc2c(F)cccc2F)cnn1-c1ccc(Oc2cc(C3=CCOCC3)ncc2F)c(F)c1. The van der Waals surface area contributed by atoms with Gasteiger partial charge in [-0.1, -0.05) is 12.1 Å². The molecule has 1 aliphatic heterocycles. The molecule has 2 aromatic heterocycles. The normalized spacial score (nSPS) is 13.5. The van der Waals surface area contributed by atoms with Crippen LogP contribution in [0.3, 0.4) is 0 Å². The Morgan fingerprint density at radius 3 is 2.50 bits per heavy atom. The van der Waals surface area contributed by atoms with Crippen LogP contribution in [0.25, 0.3) is 11.3 Å². The van der Waals surface area contributed by atoms with E-state index in [9.17, 15) is 22.4 Å². The number of halogens is 4. The van der Waals surface area contributed by atoms with Gasteiger partial charge in [-0.15, -0.1) is 0 Å². The van der Waals surface area contributed by atoms with Gasteiger partial charge in [0.25, 0.3) is 0 Å². The summed E-state index contributed by atoms with van der Waals surface area (Å²) in [6, 6.07) is 8.32. The highest BCUT2D eigenvalue weighted by Crippen LogP contribution is 2.30. The average Bonchev–Trinajstić information content (AvgIpc) is 3.24. The largest absolute Gasteiger partial charge is 0.451 e. The van der Waals surface area contributed by atoms with Crippen molar-refractivity contribution in [2.45, 2.75) is 13.0 Å². The smallest absolute Gasteiger partial charge is 0.350 e. The molecule has 0 saturated carbocycles. The van der Waals surface area contributed by atoms with Crippen molar-refractivity contribution in [3.05, 3.63) is 106 Å². The number of aromatic nitrogens is 4. The van der Waals surface area contributed by atoms with Gasteiger partial charge in [-0.2, -0.15) is 9.78 Å². The Balaban J connectivity index is 1.39. The van der Waals surface area contributed by atoms with Gasteiger partial charge >= 0.3 is 5.69 Å². The van der Waals surface area contributed by atoms with Crippen molar-refractivity contribution < 1.29 is 27.0 Å². The number of hydrogen-bond donors (Lipinski definition) is 0. The lowest BCUT2D eigenvalue weighted by atomic mass is 10.1. The van der Waals surface area contributed by atoms with Gasteiger partial charge < -0.3 is 9.47 Å². The van der Waals surface area contributed by atoms with Crippen molar-refractivity contribution in [2.75, 3.05) is 13.2 Å². The van der Waals surface area contributed by atoms with Crippen molar-refractivity contribution >= 4 is 5.57 Å². The first-order chi connectivity index (χ1) is 17.4. The third-order valence-corrected chi connectivity index (χ3v) is 5.62. The third-order valence-electron chi connectivity index (χ3n) is 5.62. The summed E-state index contributed by atoms with van der Waals surface area (Å²) in [5.41, 5.74) is 0.368. The highest BCUT2D eigenvalue weighted by Gasteiger charge is 2.17. The highest BCUT2D eigenvalue weighted by atomic mass is 19.1. The van der Waals surface area contributed by atoms with Crippen LogP contribution in [0, 0.1) is 23.3 Å². The van der Waals surface area contributed by atoms with E-state index in [4.69, 9.17) is 9.47 Å². The molecule has 4 aromatic rings. The molecule has 184 valence electrons. The molecule has 0 amide bonds. The Kier molecular flexibility index (Phi) is 6.38. The molecule has 0 bridgehead atoms. The predicted molar refractivity (Wildman–Crippen MR) is 121 cm³/mol. The van der Waals surface area contributed by atoms with E-state index in [1.54, 1.807) is 0 Å². The van der Waals surface area contributed by atoms with Crippen molar-refractivity contribution in [1.82, 2.24) is 19.3 Å². The number of benzene rings is 2. The summed E-state index contributed by atoms with van der Waals surface area (Å²) in [4.78, 5) is 16.8. The van der Waals surface area contributed by atoms with E-state index in [1.165, 1.54) is 24.3 Å². The first-order valence-corrected chi connectivity index (χ1v) is 10.9. The molecule has 1 aliphatic rings. The van der Waals surface area contributed by atoms with Gasteiger partial charge in [0.05, 0.1) is 37.3 Å². The summed E-state index contributed by atoms with van der Waals surface area (Å²) in [6.45, 7) is 0.541. The monoisotopic (exact) mass is 498 g/mol. The molecule has 3 heterocycles. The van der Waals surface area contributed by atoms with Crippen LogP contribution in [0.1, 0.15) is 17.7 Å². The third kappa shape index (κ3) is 4.65. The molecule has 0 unspecified atom stereocenters. The van der Waals surface area contributed by atoms with Crippen molar-refractivity contribution in [1.29, 1.82) is 0 Å². The Labute approximate surface area is 201 Å². The fourth-order valence-electron chi connectivity index (χ4n) is 3.73. The average molecular weight is 498 g/mol. The molecule has 0 atom stereocenters. The second-order valence-corrected chi connectivity index (χ2v) is 7.92. The minimum absolute atomic E-state index is 0.0425. The first kappa shape index (κ1) is 23.5. The van der Waals surface area contributed by atoms with Crippen LogP contribution < -0.4 is 10.4 Å². The van der Waals surface area contributed by atoms with Gasteiger partial charge in [-0.25, -0.2) is 22.4 Å². The summed E-state index contributed by atoms with van der Waals surface area (Å²) in [6.07, 6.45) is 4.53. The summed E-state index contributed by atoms with van der Waals surface area (Å²) >= 11 is 0. The number of nitrogens with zero attached hydrogens (tertiary/aromatic N) is 4. The summed E-state index contributed by atoms with van der Waals surface area (Å²) in [7, 11) is 0. The Hall–Kier alpha value is -4.25. The number of hydrogen-bond acceptors (Lipinski definition) is 5. The van der Waals surface area contributed by atoms with Crippen LogP contribution in [0.2, 0.25) is 0 Å². The quantitative estimate of drug-likeness (QED) is 0.363. The topological polar surface area (TPSA) is 71.2 Å². The van der Waals surface area contributed by atoms with Crippen LogP contribution in [0.4, 0.5) is 17.6 Å². The molecular formula is C25H18F4N4O3. The van der Waals surface area contributed by atoms with E-state index in [0.717, 1.165) is 45.5 Å². The molecule has 5 rings (SSSR count). The maximum absolute atomic E-state index is 14.9. The van der Waals surface area contributed by atoms with Crippen molar-refractivity contribution in [3.8, 4) is 17.2 Å². The Morgan fingerprint density at radius 1 is 0.972 bits per heavy atom. The lowest BCUT2D eigenvalue weighted by Gasteiger charge is -2.14. The van der Waals surface area contributed by atoms with E-state index >= 15 is 0 Å². The molecule has 0 spiro atoms. The Morgan fingerprint density at radius 2 is 1.78 bits per heavy atom. The van der Waals surface area contributed by atoms with Gasteiger partial charge in [0, 0.05) is 17.7 Å². The molecule has 0 aliphatic carbocycles. The van der Waals surface area contributed by atoms with Crippen LogP contribution in [0.5, 0.6) is 11.5 Å². The molecular weight excluding hydrogens is 480 g/mol. The van der Waals surface area contributed by atoms with E-state index < -0.39 is 35.5 Å². The zero-order valence-electron chi connectivity index (χ0n) is 18.6. The van der Waals surface area contributed by atoms with Crippen LogP contribution in [0.15, 0.2) is 65.9 Å². The minimum atomic E-state index is -0.878. The lowest BCUT2D eigenvalue weighted by molar-refractivity contribution is 0.161. The van der Waals surface area contributed by atoms with E-state index in [-0.39, 0.29) is 22.7 Å². The molecule has 7 nitrogen and oxygen atoms in total. The van der Waals surface area contributed by atoms with Gasteiger partial charge in [0.15, 0.2) is 23.1 Å². The second-order valence-electron chi connectivity index (χ2n) is 7.92. The molecule has 0 fully saturated rings. The standard InChI is InChI=1S/C25H18F4N4O3/c26-18-2-1-3-19(27)17(18)13-32-14-31-33(25(32)34)16-4-5-23(20(28)10-16)36-24-11-22(30-12-21(24)29)15-6-8-35-9-7-15/h1-6,10-12,14H,7-9,13H2. The Bertz CT molecular complexity index is 1510. The second kappa shape index (κ2) is 9.78. The molecule has 0 saturated heterocycles. The zero-order valence-corrected chi connectivity index (χ0v) is 18.6. The molecule has 0 N–H and O–H groups in total. The van der Waals surface area contributed by atoms with E-state index in [1.807, 2.05) is 6.08 Å². The summed E-state index contributed by atoms with van der Waals surface area (Å²) in [5, 5.41) is 3.90. The molecule has 0 radical (unpaired) electrons. The van der Waals surface area contributed by atoms with E-state index in [2.05, 4.69) is 10.1 Å². The predicted octanol–water partition coefficient (Wildman–Crippen LogP) is 4.63. The zero-order chi connectivity index (χ0) is 25.2. The van der Waals surface area contributed by atoms with Crippen molar-refractivity contribution in [3.63, 3.8) is 0 Å². The van der Waals surface area contributed by atoms with Gasteiger partial charge in [-0.3, -0.25) is 9.55 Å². The lowest BCUT2D eigenvalue weighted by Crippen LogP contribution is -2.24. The van der Waals surface area contributed by atoms with Gasteiger partial charge in [0.1, 0.15) is 18.0 Å².